The number of ether oxygens (including phenoxy) is 1. The van der Waals surface area contributed by atoms with Gasteiger partial charge in [0, 0.05) is 6.42 Å². The van der Waals surface area contributed by atoms with E-state index in [0.29, 0.717) is 18.9 Å². The molecule has 0 unspecified atom stereocenters. The van der Waals surface area contributed by atoms with E-state index in [1.807, 2.05) is 31.2 Å². The van der Waals surface area contributed by atoms with Crippen molar-refractivity contribution in [3.63, 3.8) is 0 Å². The Kier molecular flexibility index (Phi) is 6.78. The van der Waals surface area contributed by atoms with Crippen LogP contribution in [-0.2, 0) is 11.3 Å². The van der Waals surface area contributed by atoms with Crippen molar-refractivity contribution in [2.24, 2.45) is 5.92 Å². The molecule has 0 fully saturated rings. The predicted molar refractivity (Wildman–Crippen MR) is 92.6 cm³/mol. The number of nitrogens with zero attached hydrogens (tertiary/aromatic N) is 3. The molecule has 1 aromatic carbocycles. The quantitative estimate of drug-likeness (QED) is 0.767. The van der Waals surface area contributed by atoms with Crippen molar-refractivity contribution in [3.8, 4) is 5.75 Å². The smallest absolute Gasteiger partial charge is 0.222 e. The lowest BCUT2D eigenvalue weighted by Gasteiger charge is -2.15. The zero-order valence-electron chi connectivity index (χ0n) is 14.6. The van der Waals surface area contributed by atoms with Crippen LogP contribution < -0.4 is 10.1 Å². The first kappa shape index (κ1) is 18.0. The topological polar surface area (TPSA) is 69.0 Å². The van der Waals surface area contributed by atoms with Gasteiger partial charge in [-0.05, 0) is 37.0 Å². The van der Waals surface area contributed by atoms with Crippen molar-refractivity contribution in [1.29, 1.82) is 0 Å². The standard InChI is InChI=1S/C18H26N4O2/c1-14(2)9-11-24-17-6-4-16(5-7-17)15(3)21-18(23)8-10-22-13-19-12-20-22/h4-7,12-15H,8-11H2,1-3H3,(H,21,23)/t15-/m1/s1. The molecule has 0 aliphatic carbocycles. The lowest BCUT2D eigenvalue weighted by Crippen LogP contribution is -2.27. The molecule has 0 spiro atoms. The number of amides is 1. The van der Waals surface area contributed by atoms with Crippen LogP contribution in [0.3, 0.4) is 0 Å². The average Bonchev–Trinajstić information content (AvgIpc) is 3.06. The summed E-state index contributed by atoms with van der Waals surface area (Å²) in [5.74, 6) is 1.50. The molecule has 6 heteroatoms. The summed E-state index contributed by atoms with van der Waals surface area (Å²) >= 11 is 0. The SMILES string of the molecule is CC(C)CCOc1ccc([C@@H](C)NC(=O)CCn2cncn2)cc1. The second-order valence-electron chi connectivity index (χ2n) is 6.30. The van der Waals surface area contributed by atoms with Crippen LogP contribution in [0.2, 0.25) is 0 Å². The number of nitrogens with one attached hydrogen (secondary N) is 1. The Morgan fingerprint density at radius 3 is 2.62 bits per heavy atom. The van der Waals surface area contributed by atoms with E-state index in [1.54, 1.807) is 11.0 Å². The lowest BCUT2D eigenvalue weighted by molar-refractivity contribution is -0.122. The van der Waals surface area contributed by atoms with Crippen LogP contribution in [0.5, 0.6) is 5.75 Å². The van der Waals surface area contributed by atoms with Gasteiger partial charge < -0.3 is 10.1 Å². The Hall–Kier alpha value is -2.37. The monoisotopic (exact) mass is 330 g/mol. The second-order valence-corrected chi connectivity index (χ2v) is 6.30. The van der Waals surface area contributed by atoms with Crippen LogP contribution in [0.25, 0.3) is 0 Å². The minimum absolute atomic E-state index is 0.00439. The van der Waals surface area contributed by atoms with Gasteiger partial charge in [0.1, 0.15) is 18.4 Å². The Morgan fingerprint density at radius 2 is 2.00 bits per heavy atom. The molecule has 0 bridgehead atoms. The number of hydrogen-bond donors (Lipinski definition) is 1. The fourth-order valence-corrected chi connectivity index (χ4v) is 2.23. The van der Waals surface area contributed by atoms with Crippen molar-refractivity contribution >= 4 is 5.91 Å². The molecule has 1 aromatic heterocycles. The number of aromatic nitrogens is 3. The van der Waals surface area contributed by atoms with E-state index in [4.69, 9.17) is 4.74 Å². The predicted octanol–water partition coefficient (Wildman–Crippen LogP) is 2.97. The van der Waals surface area contributed by atoms with Crippen molar-refractivity contribution < 1.29 is 9.53 Å². The number of benzene rings is 1. The maximum absolute atomic E-state index is 12.0. The van der Waals surface area contributed by atoms with Crippen LogP contribution >= 0.6 is 0 Å². The summed E-state index contributed by atoms with van der Waals surface area (Å²) in [5, 5.41) is 6.98. The van der Waals surface area contributed by atoms with E-state index in [0.717, 1.165) is 24.3 Å². The maximum Gasteiger partial charge on any atom is 0.222 e. The largest absolute Gasteiger partial charge is 0.494 e. The minimum atomic E-state index is -0.0436. The fraction of sp³-hybridized carbons (Fsp3) is 0.500. The number of carbonyl (C=O) groups is 1. The second kappa shape index (κ2) is 9.05. The normalized spacial score (nSPS) is 12.2. The van der Waals surface area contributed by atoms with E-state index in [1.165, 1.54) is 6.33 Å². The van der Waals surface area contributed by atoms with E-state index < -0.39 is 0 Å². The van der Waals surface area contributed by atoms with Crippen molar-refractivity contribution in [2.45, 2.75) is 46.2 Å². The van der Waals surface area contributed by atoms with Gasteiger partial charge in [-0.3, -0.25) is 9.48 Å². The van der Waals surface area contributed by atoms with E-state index in [9.17, 15) is 4.79 Å². The molecule has 1 heterocycles. The van der Waals surface area contributed by atoms with Crippen molar-refractivity contribution in [2.75, 3.05) is 6.61 Å². The Balaban J connectivity index is 1.76. The lowest BCUT2D eigenvalue weighted by atomic mass is 10.1. The molecule has 24 heavy (non-hydrogen) atoms. The summed E-state index contributed by atoms with van der Waals surface area (Å²) in [7, 11) is 0. The molecular formula is C18H26N4O2. The highest BCUT2D eigenvalue weighted by Gasteiger charge is 2.10. The average molecular weight is 330 g/mol. The fourth-order valence-electron chi connectivity index (χ4n) is 2.23. The van der Waals surface area contributed by atoms with Gasteiger partial charge >= 0.3 is 0 Å². The van der Waals surface area contributed by atoms with Gasteiger partial charge in [0.15, 0.2) is 0 Å². The van der Waals surface area contributed by atoms with E-state index in [2.05, 4.69) is 29.2 Å². The van der Waals surface area contributed by atoms with E-state index in [-0.39, 0.29) is 11.9 Å². The van der Waals surface area contributed by atoms with Gasteiger partial charge in [-0.1, -0.05) is 26.0 Å². The summed E-state index contributed by atoms with van der Waals surface area (Å²) in [4.78, 5) is 15.9. The molecule has 2 rings (SSSR count). The van der Waals surface area contributed by atoms with Gasteiger partial charge in [0.2, 0.25) is 5.91 Å². The first-order valence-electron chi connectivity index (χ1n) is 8.39. The Labute approximate surface area is 143 Å². The summed E-state index contributed by atoms with van der Waals surface area (Å²) in [6.45, 7) is 7.59. The third-order valence-electron chi connectivity index (χ3n) is 3.76. The highest BCUT2D eigenvalue weighted by molar-refractivity contribution is 5.76. The molecule has 1 atom stereocenters. The van der Waals surface area contributed by atoms with Gasteiger partial charge in [-0.2, -0.15) is 5.10 Å². The van der Waals surface area contributed by atoms with Crippen LogP contribution in [0.15, 0.2) is 36.9 Å². The molecule has 2 aromatic rings. The van der Waals surface area contributed by atoms with Crippen LogP contribution in [0.4, 0.5) is 0 Å². The number of hydrogen-bond acceptors (Lipinski definition) is 4. The molecule has 6 nitrogen and oxygen atoms in total. The molecule has 0 aliphatic rings. The number of aryl methyl sites for hydroxylation is 1. The minimum Gasteiger partial charge on any atom is -0.494 e. The highest BCUT2D eigenvalue weighted by Crippen LogP contribution is 2.18. The molecule has 0 aliphatic heterocycles. The van der Waals surface area contributed by atoms with Gasteiger partial charge in [-0.15, -0.1) is 0 Å². The molecule has 0 radical (unpaired) electrons. The summed E-state index contributed by atoms with van der Waals surface area (Å²) in [6, 6.07) is 7.85. The zero-order chi connectivity index (χ0) is 17.4. The van der Waals surface area contributed by atoms with Crippen molar-refractivity contribution in [3.05, 3.63) is 42.5 Å². The highest BCUT2D eigenvalue weighted by atomic mass is 16.5. The molecule has 0 saturated carbocycles. The molecule has 130 valence electrons. The van der Waals surface area contributed by atoms with Gasteiger partial charge in [-0.25, -0.2) is 4.98 Å². The van der Waals surface area contributed by atoms with Gasteiger partial charge in [0.05, 0.1) is 19.2 Å². The van der Waals surface area contributed by atoms with Gasteiger partial charge in [0.25, 0.3) is 0 Å². The third kappa shape index (κ3) is 6.02. The van der Waals surface area contributed by atoms with Crippen LogP contribution in [-0.4, -0.2) is 27.3 Å². The first-order valence-corrected chi connectivity index (χ1v) is 8.39. The van der Waals surface area contributed by atoms with Crippen molar-refractivity contribution in [1.82, 2.24) is 20.1 Å². The zero-order valence-corrected chi connectivity index (χ0v) is 14.6. The number of rotatable bonds is 9. The third-order valence-corrected chi connectivity index (χ3v) is 3.76. The maximum atomic E-state index is 12.0. The summed E-state index contributed by atoms with van der Waals surface area (Å²) in [6.07, 6.45) is 4.49. The Bertz CT molecular complexity index is 608. The molecule has 0 saturated heterocycles. The summed E-state index contributed by atoms with van der Waals surface area (Å²) in [5.41, 5.74) is 1.06. The molecular weight excluding hydrogens is 304 g/mol. The number of carbonyl (C=O) groups excluding carboxylic acids is 1. The van der Waals surface area contributed by atoms with Crippen LogP contribution in [0, 0.1) is 5.92 Å². The summed E-state index contributed by atoms with van der Waals surface area (Å²) < 4.78 is 7.36. The Morgan fingerprint density at radius 1 is 1.25 bits per heavy atom. The molecule has 1 amide bonds. The van der Waals surface area contributed by atoms with Crippen LogP contribution in [0.1, 0.15) is 45.2 Å². The van der Waals surface area contributed by atoms with E-state index >= 15 is 0 Å². The first-order chi connectivity index (χ1) is 11.5. The molecule has 1 N–H and O–H groups in total.